The minimum atomic E-state index is 0.0888. The molecule has 0 saturated heterocycles. The van der Waals surface area contributed by atoms with Crippen LogP contribution in [0.3, 0.4) is 0 Å². The zero-order chi connectivity index (χ0) is 28.4. The van der Waals surface area contributed by atoms with Crippen LogP contribution in [0.25, 0.3) is 24.3 Å². The second-order valence-corrected chi connectivity index (χ2v) is 9.79. The lowest BCUT2D eigenvalue weighted by molar-refractivity contribution is -0.121. The molecule has 0 aliphatic rings. The highest BCUT2D eigenvalue weighted by Crippen LogP contribution is 2.18. The maximum absolute atomic E-state index is 11.5. The van der Waals surface area contributed by atoms with Gasteiger partial charge in [-0.1, -0.05) is 97.8 Å². The first-order valence-electron chi connectivity index (χ1n) is 14.2. The van der Waals surface area contributed by atoms with E-state index in [4.69, 9.17) is 14.2 Å². The van der Waals surface area contributed by atoms with E-state index < -0.39 is 0 Å². The maximum Gasteiger partial charge on any atom is 0.220 e. The molecule has 5 nitrogen and oxygen atoms in total. The van der Waals surface area contributed by atoms with Crippen molar-refractivity contribution >= 4 is 30.2 Å². The van der Waals surface area contributed by atoms with Gasteiger partial charge in [0.2, 0.25) is 5.91 Å². The van der Waals surface area contributed by atoms with E-state index in [0.29, 0.717) is 46.0 Å². The molecule has 5 heteroatoms. The van der Waals surface area contributed by atoms with Crippen LogP contribution in [-0.2, 0) is 14.3 Å². The number of amides is 1. The molecule has 0 aliphatic heterocycles. The Morgan fingerprint density at radius 2 is 1.32 bits per heavy atom. The average molecular weight is 542 g/mol. The summed E-state index contributed by atoms with van der Waals surface area (Å²) in [4.78, 5) is 11.5. The quantitative estimate of drug-likeness (QED) is 0.143. The van der Waals surface area contributed by atoms with E-state index in [-0.39, 0.29) is 5.91 Å². The van der Waals surface area contributed by atoms with Crippen molar-refractivity contribution in [1.29, 1.82) is 0 Å². The fourth-order valence-electron chi connectivity index (χ4n) is 3.95. The number of nitrogens with one attached hydrogen (secondary N) is 1. The third-order valence-corrected chi connectivity index (χ3v) is 6.37. The number of hydrogen-bond acceptors (Lipinski definition) is 4. The summed E-state index contributed by atoms with van der Waals surface area (Å²) in [6.07, 6.45) is 11.1. The Labute approximate surface area is 239 Å². The van der Waals surface area contributed by atoms with Crippen molar-refractivity contribution in [2.45, 2.75) is 40.0 Å². The minimum Gasteiger partial charge on any atom is -0.491 e. The minimum absolute atomic E-state index is 0.0888. The van der Waals surface area contributed by atoms with Gasteiger partial charge in [0.15, 0.2) is 0 Å². The van der Waals surface area contributed by atoms with Crippen molar-refractivity contribution in [1.82, 2.24) is 5.32 Å². The summed E-state index contributed by atoms with van der Waals surface area (Å²) in [5, 5.41) is 2.85. The van der Waals surface area contributed by atoms with E-state index in [1.165, 1.54) is 27.8 Å². The van der Waals surface area contributed by atoms with E-state index in [2.05, 4.69) is 105 Å². The standard InChI is InChI=1S/C35H43NO4/c1-4-5-6-35(37)36-21-22-38-23-24-39-25-26-40-34-19-15-31(16-20-34)13-17-33-18-14-32(27-29(33)3)12-11-30-9-7-28(2)8-10-30/h7-20,27H,4-6,21-26H2,1-3H3,(H,36,37)/b12-11+,17-13+. The fraction of sp³-hybridized carbons (Fsp3) is 0.343. The van der Waals surface area contributed by atoms with Crippen LogP contribution in [0.2, 0.25) is 0 Å². The molecule has 3 aromatic rings. The van der Waals surface area contributed by atoms with E-state index in [1.54, 1.807) is 0 Å². The first kappa shape index (κ1) is 30.9. The van der Waals surface area contributed by atoms with Crippen LogP contribution in [-0.4, -0.2) is 45.5 Å². The highest BCUT2D eigenvalue weighted by Gasteiger charge is 2.00. The van der Waals surface area contributed by atoms with Crippen LogP contribution < -0.4 is 10.1 Å². The van der Waals surface area contributed by atoms with E-state index >= 15 is 0 Å². The summed E-state index contributed by atoms with van der Waals surface area (Å²) >= 11 is 0. The van der Waals surface area contributed by atoms with Crippen LogP contribution in [0.5, 0.6) is 5.75 Å². The Balaban J connectivity index is 1.31. The SMILES string of the molecule is CCCCC(=O)NCCOCCOCCOc1ccc(/C=C/c2ccc(/C=C/c3ccc(C)cc3)cc2C)cc1. The highest BCUT2D eigenvalue weighted by molar-refractivity contribution is 5.76. The molecule has 0 spiro atoms. The van der Waals surface area contributed by atoms with Crippen molar-refractivity contribution < 1.29 is 19.0 Å². The topological polar surface area (TPSA) is 56.8 Å². The first-order chi connectivity index (χ1) is 19.5. The third kappa shape index (κ3) is 12.0. The molecule has 1 amide bonds. The van der Waals surface area contributed by atoms with Gasteiger partial charge in [0, 0.05) is 13.0 Å². The zero-order valence-corrected chi connectivity index (χ0v) is 24.2. The van der Waals surface area contributed by atoms with Crippen molar-refractivity contribution in [2.24, 2.45) is 0 Å². The van der Waals surface area contributed by atoms with E-state index in [0.717, 1.165) is 24.2 Å². The molecule has 0 bridgehead atoms. The largest absolute Gasteiger partial charge is 0.491 e. The van der Waals surface area contributed by atoms with Gasteiger partial charge in [0.1, 0.15) is 12.4 Å². The molecule has 0 aliphatic carbocycles. The van der Waals surface area contributed by atoms with Crippen LogP contribution in [0, 0.1) is 13.8 Å². The Morgan fingerprint density at radius 1 is 0.725 bits per heavy atom. The zero-order valence-electron chi connectivity index (χ0n) is 24.2. The Bertz CT molecular complexity index is 1210. The second-order valence-electron chi connectivity index (χ2n) is 9.79. The third-order valence-electron chi connectivity index (χ3n) is 6.37. The molecule has 0 heterocycles. The number of rotatable bonds is 17. The maximum atomic E-state index is 11.5. The number of carbonyl (C=O) groups is 1. The van der Waals surface area contributed by atoms with Crippen LogP contribution in [0.15, 0.2) is 66.7 Å². The number of aryl methyl sites for hydroxylation is 2. The van der Waals surface area contributed by atoms with Crippen molar-refractivity contribution in [3.8, 4) is 5.75 Å². The van der Waals surface area contributed by atoms with Gasteiger partial charge >= 0.3 is 0 Å². The van der Waals surface area contributed by atoms with E-state index in [1.807, 2.05) is 12.1 Å². The summed E-state index contributed by atoms with van der Waals surface area (Å²) in [6, 6.07) is 23.1. The lowest BCUT2D eigenvalue weighted by atomic mass is 10.0. The van der Waals surface area contributed by atoms with Gasteiger partial charge in [-0.2, -0.15) is 0 Å². The molecule has 0 aromatic heterocycles. The van der Waals surface area contributed by atoms with Crippen LogP contribution in [0.4, 0.5) is 0 Å². The molecule has 3 rings (SSSR count). The molecule has 0 unspecified atom stereocenters. The van der Waals surface area contributed by atoms with Gasteiger partial charge in [-0.3, -0.25) is 4.79 Å². The predicted octanol–water partition coefficient (Wildman–Crippen LogP) is 7.36. The smallest absolute Gasteiger partial charge is 0.220 e. The summed E-state index contributed by atoms with van der Waals surface area (Å²) in [6.45, 7) is 9.32. The van der Waals surface area contributed by atoms with Gasteiger partial charge in [0.25, 0.3) is 0 Å². The molecule has 3 aromatic carbocycles. The van der Waals surface area contributed by atoms with Gasteiger partial charge < -0.3 is 19.5 Å². The monoisotopic (exact) mass is 541 g/mol. The Kier molecular flexibility index (Phi) is 13.8. The van der Waals surface area contributed by atoms with Crippen molar-refractivity contribution in [3.05, 3.63) is 100 Å². The molecule has 0 atom stereocenters. The highest BCUT2D eigenvalue weighted by atomic mass is 16.5. The summed E-state index contributed by atoms with van der Waals surface area (Å²) < 4.78 is 16.8. The molecule has 0 radical (unpaired) electrons. The first-order valence-corrected chi connectivity index (χ1v) is 14.2. The number of ether oxygens (including phenoxy) is 3. The lowest BCUT2D eigenvalue weighted by Crippen LogP contribution is -2.27. The summed E-state index contributed by atoms with van der Waals surface area (Å²) in [5.41, 5.74) is 7.22. The molecule has 212 valence electrons. The number of carbonyl (C=O) groups excluding carboxylic acids is 1. The number of hydrogen-bond donors (Lipinski definition) is 1. The van der Waals surface area contributed by atoms with E-state index in [9.17, 15) is 4.79 Å². The van der Waals surface area contributed by atoms with Crippen molar-refractivity contribution in [2.75, 3.05) is 39.6 Å². The van der Waals surface area contributed by atoms with Gasteiger partial charge in [-0.05, 0) is 60.2 Å². The molecule has 0 saturated carbocycles. The summed E-state index contributed by atoms with van der Waals surface area (Å²) in [7, 11) is 0. The average Bonchev–Trinajstić information content (AvgIpc) is 2.97. The summed E-state index contributed by atoms with van der Waals surface area (Å²) in [5.74, 6) is 0.905. The number of unbranched alkanes of at least 4 members (excludes halogenated alkanes) is 1. The second kappa shape index (κ2) is 17.8. The van der Waals surface area contributed by atoms with Crippen LogP contribution >= 0.6 is 0 Å². The van der Waals surface area contributed by atoms with Crippen LogP contribution in [0.1, 0.15) is 59.6 Å². The molecule has 0 fully saturated rings. The molecule has 40 heavy (non-hydrogen) atoms. The molecule has 1 N–H and O–H groups in total. The molecular weight excluding hydrogens is 498 g/mol. The Morgan fingerprint density at radius 3 is 2.02 bits per heavy atom. The predicted molar refractivity (Wildman–Crippen MR) is 166 cm³/mol. The number of benzene rings is 3. The lowest BCUT2D eigenvalue weighted by Gasteiger charge is -2.09. The Hall–Kier alpha value is -3.67. The molecular formula is C35H43NO4. The van der Waals surface area contributed by atoms with Gasteiger partial charge in [0.05, 0.1) is 26.4 Å². The van der Waals surface area contributed by atoms with Crippen molar-refractivity contribution in [3.63, 3.8) is 0 Å². The van der Waals surface area contributed by atoms with Gasteiger partial charge in [-0.25, -0.2) is 0 Å². The normalized spacial score (nSPS) is 11.4. The fourth-order valence-corrected chi connectivity index (χ4v) is 3.95. The van der Waals surface area contributed by atoms with Gasteiger partial charge in [-0.15, -0.1) is 0 Å².